The molecule has 1 saturated heterocycles. The maximum atomic E-state index is 13.1. The van der Waals surface area contributed by atoms with Crippen LogP contribution in [0.2, 0.25) is 0 Å². The molecule has 112 valence electrons. The molecule has 8 nitrogen and oxygen atoms in total. The summed E-state index contributed by atoms with van der Waals surface area (Å²) >= 11 is 0. The first-order chi connectivity index (χ1) is 9.90. The molecule has 0 spiro atoms. The van der Waals surface area contributed by atoms with Gasteiger partial charge in [0.05, 0.1) is 24.1 Å². The van der Waals surface area contributed by atoms with Crippen molar-refractivity contribution in [3.05, 3.63) is 39.7 Å². The molecule has 1 aromatic carbocycles. The van der Waals surface area contributed by atoms with Crippen LogP contribution in [0.1, 0.15) is 10.4 Å². The highest BCUT2D eigenvalue weighted by molar-refractivity contribution is 5.98. The number of hydrogen-bond donors (Lipinski definition) is 1. The van der Waals surface area contributed by atoms with Gasteiger partial charge in [-0.3, -0.25) is 14.9 Å². The molecule has 1 aliphatic heterocycles. The molecule has 2 rings (SSSR count). The largest absolute Gasteiger partial charge is 0.479 e. The zero-order valence-electron chi connectivity index (χ0n) is 10.7. The molecule has 0 bridgehead atoms. The highest BCUT2D eigenvalue weighted by Gasteiger charge is 2.32. The van der Waals surface area contributed by atoms with Crippen LogP contribution in [0, 0.1) is 15.9 Å². The summed E-state index contributed by atoms with van der Waals surface area (Å²) in [6.07, 6.45) is -1.18. The number of amides is 1. The van der Waals surface area contributed by atoms with Gasteiger partial charge in [0.25, 0.3) is 11.6 Å². The molecule has 21 heavy (non-hydrogen) atoms. The van der Waals surface area contributed by atoms with Gasteiger partial charge in [-0.05, 0) is 12.1 Å². The molecule has 1 unspecified atom stereocenters. The van der Waals surface area contributed by atoms with E-state index in [9.17, 15) is 24.1 Å². The molecular formula is C12H11FN2O6. The number of hydrogen-bond acceptors (Lipinski definition) is 5. The third-order valence-corrected chi connectivity index (χ3v) is 3.02. The van der Waals surface area contributed by atoms with Crippen molar-refractivity contribution >= 4 is 17.6 Å². The van der Waals surface area contributed by atoms with Crippen LogP contribution in [-0.4, -0.2) is 52.6 Å². The highest BCUT2D eigenvalue weighted by atomic mass is 19.1. The Morgan fingerprint density at radius 1 is 1.48 bits per heavy atom. The molecule has 9 heteroatoms. The van der Waals surface area contributed by atoms with E-state index in [4.69, 9.17) is 9.84 Å². The van der Waals surface area contributed by atoms with E-state index in [1.54, 1.807) is 0 Å². The van der Waals surface area contributed by atoms with Crippen LogP contribution in [0.3, 0.4) is 0 Å². The number of carbonyl (C=O) groups is 2. The average Bonchev–Trinajstić information content (AvgIpc) is 2.46. The highest BCUT2D eigenvalue weighted by Crippen LogP contribution is 2.22. The second-order valence-corrected chi connectivity index (χ2v) is 4.37. The second kappa shape index (κ2) is 5.83. The molecule has 1 fully saturated rings. The number of halogens is 1. The maximum Gasteiger partial charge on any atom is 0.334 e. The summed E-state index contributed by atoms with van der Waals surface area (Å²) in [4.78, 5) is 34.3. The second-order valence-electron chi connectivity index (χ2n) is 4.37. The van der Waals surface area contributed by atoms with E-state index in [0.29, 0.717) is 6.07 Å². The van der Waals surface area contributed by atoms with Crippen LogP contribution in [0.15, 0.2) is 18.2 Å². The van der Waals surface area contributed by atoms with Gasteiger partial charge in [0, 0.05) is 6.54 Å². The molecule has 0 saturated carbocycles. The van der Waals surface area contributed by atoms with E-state index < -0.39 is 34.4 Å². The molecule has 0 radical (unpaired) electrons. The Labute approximate surface area is 117 Å². The summed E-state index contributed by atoms with van der Waals surface area (Å²) < 4.78 is 18.0. The Bertz CT molecular complexity index is 605. The smallest absolute Gasteiger partial charge is 0.334 e. The Balaban J connectivity index is 2.28. The van der Waals surface area contributed by atoms with E-state index in [1.165, 1.54) is 0 Å². The van der Waals surface area contributed by atoms with Crippen LogP contribution in [0.5, 0.6) is 0 Å². The Morgan fingerprint density at radius 3 is 2.81 bits per heavy atom. The fraction of sp³-hybridized carbons (Fsp3) is 0.333. The van der Waals surface area contributed by atoms with Crippen LogP contribution in [-0.2, 0) is 9.53 Å². The van der Waals surface area contributed by atoms with Gasteiger partial charge in [0.15, 0.2) is 6.10 Å². The van der Waals surface area contributed by atoms with Gasteiger partial charge in [-0.15, -0.1) is 0 Å². The van der Waals surface area contributed by atoms with Crippen molar-refractivity contribution in [2.45, 2.75) is 6.10 Å². The van der Waals surface area contributed by atoms with Crippen molar-refractivity contribution in [1.82, 2.24) is 4.90 Å². The Kier molecular flexibility index (Phi) is 4.13. The first-order valence-corrected chi connectivity index (χ1v) is 5.97. The van der Waals surface area contributed by atoms with E-state index in [1.807, 2.05) is 0 Å². The van der Waals surface area contributed by atoms with Crippen molar-refractivity contribution in [3.8, 4) is 0 Å². The first-order valence-electron chi connectivity index (χ1n) is 5.97. The molecule has 1 amide bonds. The van der Waals surface area contributed by atoms with Crippen LogP contribution < -0.4 is 0 Å². The molecular weight excluding hydrogens is 287 g/mol. The normalized spacial score (nSPS) is 18.3. The number of morpholine rings is 1. The fourth-order valence-corrected chi connectivity index (χ4v) is 1.99. The topological polar surface area (TPSA) is 110 Å². The Morgan fingerprint density at radius 2 is 2.19 bits per heavy atom. The van der Waals surface area contributed by atoms with Crippen molar-refractivity contribution in [3.63, 3.8) is 0 Å². The lowest BCUT2D eigenvalue weighted by Gasteiger charge is -2.30. The predicted octanol–water partition coefficient (Wildman–Crippen LogP) is 0.659. The molecule has 1 atom stereocenters. The molecule has 1 aromatic rings. The number of carboxylic acids is 1. The van der Waals surface area contributed by atoms with Gasteiger partial charge in [-0.1, -0.05) is 0 Å². The van der Waals surface area contributed by atoms with Crippen molar-refractivity contribution in [2.24, 2.45) is 0 Å². The maximum absolute atomic E-state index is 13.1. The predicted molar refractivity (Wildman–Crippen MR) is 66.3 cm³/mol. The summed E-state index contributed by atoms with van der Waals surface area (Å²) in [5.41, 5.74) is -0.939. The average molecular weight is 298 g/mol. The number of ether oxygens (including phenoxy) is 1. The summed E-state index contributed by atoms with van der Waals surface area (Å²) in [6.45, 7) is -0.0997. The molecule has 1 aliphatic rings. The number of rotatable bonds is 3. The van der Waals surface area contributed by atoms with Crippen molar-refractivity contribution in [1.29, 1.82) is 0 Å². The number of carboxylic acid groups (broad SMARTS) is 1. The Hall–Kier alpha value is -2.55. The third-order valence-electron chi connectivity index (χ3n) is 3.02. The summed E-state index contributed by atoms with van der Waals surface area (Å²) in [7, 11) is 0. The van der Waals surface area contributed by atoms with Gasteiger partial charge in [-0.2, -0.15) is 0 Å². The van der Waals surface area contributed by atoms with E-state index >= 15 is 0 Å². The first kappa shape index (κ1) is 14.9. The fourth-order valence-electron chi connectivity index (χ4n) is 1.99. The SMILES string of the molecule is O=C(O)C1CN(C(=O)c2ccc(F)cc2[N+](=O)[O-])CCO1. The minimum absolute atomic E-state index is 0.0116. The lowest BCUT2D eigenvalue weighted by molar-refractivity contribution is -0.385. The number of aliphatic carboxylic acids is 1. The van der Waals surface area contributed by atoms with Gasteiger partial charge in [0.2, 0.25) is 0 Å². The van der Waals surface area contributed by atoms with Gasteiger partial charge < -0.3 is 14.7 Å². The molecule has 0 aromatic heterocycles. The third kappa shape index (κ3) is 3.14. The molecule has 1 N–H and O–H groups in total. The summed E-state index contributed by atoms with van der Waals surface area (Å²) in [6, 6.07) is 2.61. The quantitative estimate of drug-likeness (QED) is 0.648. The van der Waals surface area contributed by atoms with E-state index in [2.05, 4.69) is 0 Å². The zero-order valence-corrected chi connectivity index (χ0v) is 10.7. The zero-order chi connectivity index (χ0) is 15.6. The monoisotopic (exact) mass is 298 g/mol. The number of benzene rings is 1. The number of nitro benzene ring substituents is 1. The summed E-state index contributed by atoms with van der Waals surface area (Å²) in [5.74, 6) is -2.78. The van der Waals surface area contributed by atoms with Crippen molar-refractivity contribution < 1.29 is 28.7 Å². The number of carbonyl (C=O) groups excluding carboxylic acids is 1. The van der Waals surface area contributed by atoms with Crippen LogP contribution in [0.25, 0.3) is 0 Å². The lowest BCUT2D eigenvalue weighted by atomic mass is 10.1. The molecule has 0 aliphatic carbocycles. The van der Waals surface area contributed by atoms with Gasteiger partial charge in [-0.25, -0.2) is 9.18 Å². The molecule has 1 heterocycles. The van der Waals surface area contributed by atoms with Gasteiger partial charge >= 0.3 is 5.97 Å². The van der Waals surface area contributed by atoms with Crippen LogP contribution >= 0.6 is 0 Å². The number of nitrogens with zero attached hydrogens (tertiary/aromatic N) is 2. The summed E-state index contributed by atoms with van der Waals surface area (Å²) in [5, 5.41) is 19.7. The van der Waals surface area contributed by atoms with E-state index in [-0.39, 0.29) is 25.3 Å². The standard InChI is InChI=1S/C12H11FN2O6/c13-7-1-2-8(9(5-7)15(19)20)11(16)14-3-4-21-10(6-14)12(17)18/h1-2,5,10H,3-4,6H2,(H,17,18). The van der Waals surface area contributed by atoms with Crippen molar-refractivity contribution in [2.75, 3.05) is 19.7 Å². The minimum atomic E-state index is -1.22. The van der Waals surface area contributed by atoms with Gasteiger partial charge in [0.1, 0.15) is 11.4 Å². The van der Waals surface area contributed by atoms with E-state index in [0.717, 1.165) is 17.0 Å². The minimum Gasteiger partial charge on any atom is -0.479 e. The number of nitro groups is 1. The lowest BCUT2D eigenvalue weighted by Crippen LogP contribution is -2.48. The van der Waals surface area contributed by atoms with Crippen LogP contribution in [0.4, 0.5) is 10.1 Å².